The molecule has 2 heterocycles. The number of fused-ring (bicyclic) bond motifs is 1. The van der Waals surface area contributed by atoms with Gasteiger partial charge in [-0.25, -0.2) is 0 Å². The number of aryl methyl sites for hydroxylation is 1. The van der Waals surface area contributed by atoms with E-state index < -0.39 is 0 Å². The fourth-order valence-corrected chi connectivity index (χ4v) is 4.40. The molecule has 0 radical (unpaired) electrons. The number of aromatic nitrogens is 3. The number of hydrogen-bond donors (Lipinski definition) is 2. The molecule has 0 spiro atoms. The third kappa shape index (κ3) is 7.52. The zero-order valence-corrected chi connectivity index (χ0v) is 19.9. The van der Waals surface area contributed by atoms with Crippen LogP contribution in [-0.4, -0.2) is 40.4 Å². The average molecular weight is 502 g/mol. The number of guanidine groups is 1. The largest absolute Gasteiger partial charge is 0.357 e. The molecule has 7 heteroatoms. The zero-order valence-electron chi connectivity index (χ0n) is 17.6. The van der Waals surface area contributed by atoms with Gasteiger partial charge in [-0.15, -0.1) is 34.2 Å². The number of nitrogens with zero attached hydrogens (tertiary/aromatic N) is 4. The highest BCUT2D eigenvalue weighted by Gasteiger charge is 2.15. The lowest BCUT2D eigenvalue weighted by Gasteiger charge is -2.12. The molecule has 28 heavy (non-hydrogen) atoms. The van der Waals surface area contributed by atoms with Crippen molar-refractivity contribution < 1.29 is 0 Å². The summed E-state index contributed by atoms with van der Waals surface area (Å²) in [5.74, 6) is 4.23. The molecule has 2 N–H and O–H groups in total. The van der Waals surface area contributed by atoms with Gasteiger partial charge in [-0.2, -0.15) is 0 Å². The van der Waals surface area contributed by atoms with Crippen molar-refractivity contribution in [3.63, 3.8) is 0 Å². The quantitative estimate of drug-likeness (QED) is 0.231. The van der Waals surface area contributed by atoms with Crippen LogP contribution < -0.4 is 10.6 Å². The Balaban J connectivity index is 0.00000280. The Labute approximate surface area is 187 Å². The van der Waals surface area contributed by atoms with Crippen LogP contribution in [0.4, 0.5) is 0 Å². The van der Waals surface area contributed by atoms with Gasteiger partial charge in [0, 0.05) is 39.0 Å². The molecule has 0 saturated heterocycles. The summed E-state index contributed by atoms with van der Waals surface area (Å²) in [5.41, 5.74) is 0. The molecule has 1 aromatic rings. The summed E-state index contributed by atoms with van der Waals surface area (Å²) in [4.78, 5) is 4.75. The number of nitrogens with one attached hydrogen (secondary N) is 2. The molecule has 1 aromatic heterocycles. The maximum Gasteiger partial charge on any atom is 0.191 e. The Hall–Kier alpha value is -0.860. The predicted molar refractivity (Wildman–Crippen MR) is 126 cm³/mol. The van der Waals surface area contributed by atoms with Gasteiger partial charge in [-0.3, -0.25) is 4.99 Å². The first-order chi connectivity index (χ1) is 13.4. The number of unbranched alkanes of at least 4 members (excludes halogenated alkanes) is 1. The third-order valence-electron chi connectivity index (χ3n) is 5.94. The monoisotopic (exact) mass is 502 g/mol. The van der Waals surface area contributed by atoms with Gasteiger partial charge in [0.25, 0.3) is 0 Å². The van der Waals surface area contributed by atoms with Crippen molar-refractivity contribution in [1.29, 1.82) is 0 Å². The van der Waals surface area contributed by atoms with Crippen molar-refractivity contribution in [3.8, 4) is 0 Å². The van der Waals surface area contributed by atoms with Gasteiger partial charge >= 0.3 is 0 Å². The molecule has 6 nitrogen and oxygen atoms in total. The Morgan fingerprint density at radius 2 is 1.93 bits per heavy atom. The Morgan fingerprint density at radius 3 is 2.75 bits per heavy atom. The lowest BCUT2D eigenvalue weighted by Crippen LogP contribution is -2.38. The van der Waals surface area contributed by atoms with Crippen molar-refractivity contribution in [1.82, 2.24) is 25.4 Å². The standard InChI is InChI=1S/C21H38N6.HI/c1-2-22-21(23-15-8-7-12-18-10-5-6-11-18)24-16-14-20-26-25-19-13-4-3-9-17-27(19)20;/h18H,2-17H2,1H3,(H2,22,23,24);1H. The molecule has 0 unspecified atom stereocenters. The van der Waals surface area contributed by atoms with E-state index in [2.05, 4.69) is 32.3 Å². The maximum atomic E-state index is 4.75. The molecule has 0 aromatic carbocycles. The van der Waals surface area contributed by atoms with E-state index in [1.54, 1.807) is 0 Å². The molecule has 0 amide bonds. The van der Waals surface area contributed by atoms with E-state index in [-0.39, 0.29) is 24.0 Å². The number of halogens is 1. The molecule has 1 aliphatic heterocycles. The summed E-state index contributed by atoms with van der Waals surface area (Å²) in [7, 11) is 0. The van der Waals surface area contributed by atoms with Crippen LogP contribution in [0.3, 0.4) is 0 Å². The summed E-state index contributed by atoms with van der Waals surface area (Å²) in [5, 5.41) is 15.6. The highest BCUT2D eigenvalue weighted by atomic mass is 127. The van der Waals surface area contributed by atoms with Gasteiger partial charge in [0.1, 0.15) is 11.6 Å². The van der Waals surface area contributed by atoms with Crippen LogP contribution in [0.15, 0.2) is 4.99 Å². The van der Waals surface area contributed by atoms with Crippen LogP contribution in [0.2, 0.25) is 0 Å². The molecular weight excluding hydrogens is 463 g/mol. The second-order valence-corrected chi connectivity index (χ2v) is 8.08. The minimum Gasteiger partial charge on any atom is -0.357 e. The molecule has 1 saturated carbocycles. The summed E-state index contributed by atoms with van der Waals surface area (Å²) < 4.78 is 2.34. The summed E-state index contributed by atoms with van der Waals surface area (Å²) in [6, 6.07) is 0. The number of rotatable bonds is 9. The van der Waals surface area contributed by atoms with Crippen LogP contribution >= 0.6 is 24.0 Å². The van der Waals surface area contributed by atoms with Gasteiger partial charge < -0.3 is 15.2 Å². The van der Waals surface area contributed by atoms with Gasteiger partial charge in [0.2, 0.25) is 0 Å². The van der Waals surface area contributed by atoms with Crippen molar-refractivity contribution in [2.45, 2.75) is 90.5 Å². The van der Waals surface area contributed by atoms with Crippen LogP contribution in [0.1, 0.15) is 82.8 Å². The minimum absolute atomic E-state index is 0. The number of aliphatic imine (C=N–C) groups is 1. The average Bonchev–Trinajstić information content (AvgIpc) is 3.26. The molecular formula is C21H39IN6. The van der Waals surface area contributed by atoms with E-state index in [0.717, 1.165) is 56.7 Å². The first-order valence-electron chi connectivity index (χ1n) is 11.3. The van der Waals surface area contributed by atoms with Crippen molar-refractivity contribution in [2.75, 3.05) is 19.6 Å². The van der Waals surface area contributed by atoms with E-state index >= 15 is 0 Å². The Bertz CT molecular complexity index is 579. The van der Waals surface area contributed by atoms with E-state index in [0.29, 0.717) is 0 Å². The van der Waals surface area contributed by atoms with Crippen LogP contribution in [0.25, 0.3) is 0 Å². The SMILES string of the molecule is CCNC(=NCCCCC1CCCC1)NCCc1nnc2n1CCCCC2.I. The van der Waals surface area contributed by atoms with E-state index in [1.807, 2.05) is 0 Å². The molecule has 1 aliphatic carbocycles. The highest BCUT2D eigenvalue weighted by Crippen LogP contribution is 2.28. The lowest BCUT2D eigenvalue weighted by atomic mass is 10.0. The fourth-order valence-electron chi connectivity index (χ4n) is 4.40. The van der Waals surface area contributed by atoms with Crippen molar-refractivity contribution >= 4 is 29.9 Å². The lowest BCUT2D eigenvalue weighted by molar-refractivity contribution is 0.475. The van der Waals surface area contributed by atoms with Crippen molar-refractivity contribution in [3.05, 3.63) is 11.6 Å². The normalized spacial score (nSPS) is 17.7. The van der Waals surface area contributed by atoms with Crippen LogP contribution in [0.5, 0.6) is 0 Å². The van der Waals surface area contributed by atoms with Crippen molar-refractivity contribution in [2.24, 2.45) is 10.9 Å². The third-order valence-corrected chi connectivity index (χ3v) is 5.94. The first kappa shape index (κ1) is 23.4. The number of hydrogen-bond acceptors (Lipinski definition) is 3. The topological polar surface area (TPSA) is 67.1 Å². The molecule has 0 atom stereocenters. The smallest absolute Gasteiger partial charge is 0.191 e. The second-order valence-electron chi connectivity index (χ2n) is 8.08. The molecule has 3 rings (SSSR count). The van der Waals surface area contributed by atoms with E-state index in [9.17, 15) is 0 Å². The maximum absolute atomic E-state index is 4.75. The molecule has 2 aliphatic rings. The molecule has 160 valence electrons. The zero-order chi connectivity index (χ0) is 18.7. The minimum atomic E-state index is 0. The second kappa shape index (κ2) is 13.4. The molecule has 1 fully saturated rings. The molecule has 0 bridgehead atoms. The van der Waals surface area contributed by atoms with E-state index in [4.69, 9.17) is 4.99 Å². The summed E-state index contributed by atoms with van der Waals surface area (Å²) >= 11 is 0. The fraction of sp³-hybridized carbons (Fsp3) is 0.857. The van der Waals surface area contributed by atoms with Crippen LogP contribution in [-0.2, 0) is 19.4 Å². The Morgan fingerprint density at radius 1 is 1.07 bits per heavy atom. The van der Waals surface area contributed by atoms with E-state index in [1.165, 1.54) is 70.0 Å². The first-order valence-corrected chi connectivity index (χ1v) is 11.3. The van der Waals surface area contributed by atoms with Gasteiger partial charge in [-0.1, -0.05) is 44.9 Å². The van der Waals surface area contributed by atoms with Gasteiger partial charge in [0.15, 0.2) is 5.96 Å². The highest BCUT2D eigenvalue weighted by molar-refractivity contribution is 14.0. The van der Waals surface area contributed by atoms with Gasteiger partial charge in [-0.05, 0) is 32.1 Å². The summed E-state index contributed by atoms with van der Waals surface area (Å²) in [6.07, 6.45) is 15.5. The predicted octanol–water partition coefficient (Wildman–Crippen LogP) is 4.08. The van der Waals surface area contributed by atoms with Gasteiger partial charge in [0.05, 0.1) is 0 Å². The van der Waals surface area contributed by atoms with Crippen LogP contribution in [0, 0.1) is 5.92 Å². The Kier molecular flexibility index (Phi) is 11.2. The summed E-state index contributed by atoms with van der Waals surface area (Å²) in [6.45, 7) is 5.87.